The maximum Gasteiger partial charge on any atom is 0.416 e. The van der Waals surface area contributed by atoms with Crippen LogP contribution >= 0.6 is 0 Å². The van der Waals surface area contributed by atoms with Gasteiger partial charge in [0.15, 0.2) is 0 Å². The average Bonchev–Trinajstić information content (AvgIpc) is 2.38. The normalized spacial score (nSPS) is 23.2. The molecule has 0 radical (unpaired) electrons. The smallest absolute Gasteiger partial charge is 0.411 e. The fourth-order valence-electron chi connectivity index (χ4n) is 2.50. The molecule has 1 saturated heterocycles. The first kappa shape index (κ1) is 14.8. The molecule has 0 aliphatic carbocycles. The van der Waals surface area contributed by atoms with Gasteiger partial charge in [-0.1, -0.05) is 30.3 Å². The van der Waals surface area contributed by atoms with Crippen LogP contribution in [0.25, 0.3) is 0 Å². The lowest BCUT2D eigenvalue weighted by molar-refractivity contribution is -0.137. The topological polar surface area (TPSA) is 35.8 Å². The van der Waals surface area contributed by atoms with Crippen molar-refractivity contribution in [2.24, 2.45) is 11.1 Å². The second-order valence-corrected chi connectivity index (χ2v) is 5.18. The molecule has 110 valence electrons. The molecule has 1 aliphatic heterocycles. The number of hydrogen-bond acceptors (Lipinski definition) is 3. The zero-order valence-electron chi connectivity index (χ0n) is 11.2. The largest absolute Gasteiger partial charge is 0.416 e. The molecule has 1 unspecified atom stereocenters. The molecule has 0 bridgehead atoms. The van der Waals surface area contributed by atoms with Gasteiger partial charge in [-0.2, -0.15) is 13.2 Å². The van der Waals surface area contributed by atoms with Crippen molar-refractivity contribution in [2.45, 2.75) is 26.1 Å². The van der Waals surface area contributed by atoms with Crippen molar-refractivity contribution in [1.82, 2.24) is 4.90 Å². The number of oxime groups is 1. The standard InChI is InChI=1S/C14H17F3N2O/c1-10-8-19(6-5-13(10)18-20)9-11-3-2-4-12(7-11)14(15,16)17/h2-4,7,10,20H,5-6,8-9H2,1H3/b18-13+. The van der Waals surface area contributed by atoms with Crippen LogP contribution < -0.4 is 0 Å². The molecule has 1 aromatic rings. The minimum absolute atomic E-state index is 0.125. The minimum Gasteiger partial charge on any atom is -0.411 e. The Bertz CT molecular complexity index is 499. The van der Waals surface area contributed by atoms with Gasteiger partial charge in [0.05, 0.1) is 11.3 Å². The van der Waals surface area contributed by atoms with Crippen LogP contribution in [-0.4, -0.2) is 28.9 Å². The van der Waals surface area contributed by atoms with Crippen molar-refractivity contribution in [3.63, 3.8) is 0 Å². The predicted octanol–water partition coefficient (Wildman–Crippen LogP) is 3.38. The third kappa shape index (κ3) is 3.50. The lowest BCUT2D eigenvalue weighted by atomic mass is 9.97. The first-order valence-corrected chi connectivity index (χ1v) is 6.49. The Morgan fingerprint density at radius 1 is 1.40 bits per heavy atom. The summed E-state index contributed by atoms with van der Waals surface area (Å²) in [5.74, 6) is 0.125. The van der Waals surface area contributed by atoms with E-state index in [-0.39, 0.29) is 5.92 Å². The van der Waals surface area contributed by atoms with E-state index in [1.165, 1.54) is 12.1 Å². The first-order chi connectivity index (χ1) is 9.40. The quantitative estimate of drug-likeness (QED) is 0.668. The van der Waals surface area contributed by atoms with Crippen molar-refractivity contribution < 1.29 is 18.4 Å². The summed E-state index contributed by atoms with van der Waals surface area (Å²) >= 11 is 0. The molecular weight excluding hydrogens is 269 g/mol. The van der Waals surface area contributed by atoms with E-state index in [0.717, 1.165) is 11.8 Å². The summed E-state index contributed by atoms with van der Waals surface area (Å²) in [6, 6.07) is 5.42. The number of rotatable bonds is 2. The molecule has 0 aromatic heterocycles. The van der Waals surface area contributed by atoms with Crippen molar-refractivity contribution in [1.29, 1.82) is 0 Å². The van der Waals surface area contributed by atoms with Gasteiger partial charge in [0, 0.05) is 32.0 Å². The summed E-state index contributed by atoms with van der Waals surface area (Å²) in [5.41, 5.74) is 0.791. The van der Waals surface area contributed by atoms with Crippen LogP contribution in [0, 0.1) is 5.92 Å². The molecule has 1 aromatic carbocycles. The highest BCUT2D eigenvalue weighted by atomic mass is 19.4. The molecule has 1 aliphatic rings. The summed E-state index contributed by atoms with van der Waals surface area (Å²) in [6.45, 7) is 3.82. The van der Waals surface area contributed by atoms with Gasteiger partial charge in [-0.05, 0) is 11.6 Å². The highest BCUT2D eigenvalue weighted by Crippen LogP contribution is 2.30. The van der Waals surface area contributed by atoms with Crippen LogP contribution in [-0.2, 0) is 12.7 Å². The number of nitrogens with zero attached hydrogens (tertiary/aromatic N) is 2. The van der Waals surface area contributed by atoms with Crippen molar-refractivity contribution in [3.8, 4) is 0 Å². The van der Waals surface area contributed by atoms with Crippen LogP contribution in [0.15, 0.2) is 29.4 Å². The highest BCUT2D eigenvalue weighted by molar-refractivity contribution is 5.86. The Morgan fingerprint density at radius 3 is 2.75 bits per heavy atom. The summed E-state index contributed by atoms with van der Waals surface area (Å²) in [6.07, 6.45) is -3.65. The predicted molar refractivity (Wildman–Crippen MR) is 69.7 cm³/mol. The van der Waals surface area contributed by atoms with Crippen LogP contribution in [0.2, 0.25) is 0 Å². The van der Waals surface area contributed by atoms with E-state index in [4.69, 9.17) is 5.21 Å². The second-order valence-electron chi connectivity index (χ2n) is 5.18. The van der Waals surface area contributed by atoms with E-state index in [1.807, 2.05) is 6.92 Å². The number of hydrogen-bond donors (Lipinski definition) is 1. The van der Waals surface area contributed by atoms with Gasteiger partial charge in [-0.25, -0.2) is 0 Å². The number of alkyl halides is 3. The summed E-state index contributed by atoms with van der Waals surface area (Å²) in [7, 11) is 0. The van der Waals surface area contributed by atoms with E-state index in [1.54, 1.807) is 6.07 Å². The van der Waals surface area contributed by atoms with Gasteiger partial charge in [-0.3, -0.25) is 4.90 Å². The molecule has 0 spiro atoms. The summed E-state index contributed by atoms with van der Waals surface area (Å²) in [4.78, 5) is 2.08. The van der Waals surface area contributed by atoms with Crippen molar-refractivity contribution in [3.05, 3.63) is 35.4 Å². The maximum absolute atomic E-state index is 12.6. The first-order valence-electron chi connectivity index (χ1n) is 6.49. The van der Waals surface area contributed by atoms with E-state index >= 15 is 0 Å². The Labute approximate surface area is 115 Å². The van der Waals surface area contributed by atoms with Crippen LogP contribution in [0.4, 0.5) is 13.2 Å². The average molecular weight is 286 g/mol. The summed E-state index contributed by atoms with van der Waals surface area (Å²) in [5, 5.41) is 12.1. The maximum atomic E-state index is 12.6. The van der Waals surface area contributed by atoms with Gasteiger partial charge in [0.25, 0.3) is 0 Å². The Morgan fingerprint density at radius 2 is 2.15 bits per heavy atom. The highest BCUT2D eigenvalue weighted by Gasteiger charge is 2.30. The number of halogens is 3. The molecule has 0 saturated carbocycles. The van der Waals surface area contributed by atoms with Crippen LogP contribution in [0.3, 0.4) is 0 Å². The molecule has 1 N–H and O–H groups in total. The molecule has 1 atom stereocenters. The van der Waals surface area contributed by atoms with Gasteiger partial charge < -0.3 is 5.21 Å². The van der Waals surface area contributed by atoms with E-state index < -0.39 is 11.7 Å². The zero-order valence-corrected chi connectivity index (χ0v) is 11.2. The van der Waals surface area contributed by atoms with Crippen LogP contribution in [0.5, 0.6) is 0 Å². The van der Waals surface area contributed by atoms with Crippen molar-refractivity contribution >= 4 is 5.71 Å². The molecular formula is C14H17F3N2O. The zero-order chi connectivity index (χ0) is 14.8. The fourth-order valence-corrected chi connectivity index (χ4v) is 2.50. The Hall–Kier alpha value is -1.56. The molecule has 3 nitrogen and oxygen atoms in total. The lowest BCUT2D eigenvalue weighted by Gasteiger charge is -2.31. The molecule has 2 rings (SSSR count). The van der Waals surface area contributed by atoms with E-state index in [9.17, 15) is 13.2 Å². The monoisotopic (exact) mass is 286 g/mol. The number of likely N-dealkylation sites (tertiary alicyclic amines) is 1. The van der Waals surface area contributed by atoms with Gasteiger partial charge in [-0.15, -0.1) is 0 Å². The molecule has 0 amide bonds. The number of benzene rings is 1. The molecule has 1 heterocycles. The van der Waals surface area contributed by atoms with E-state index in [0.29, 0.717) is 31.6 Å². The van der Waals surface area contributed by atoms with Gasteiger partial charge in [0.1, 0.15) is 0 Å². The van der Waals surface area contributed by atoms with E-state index in [2.05, 4.69) is 10.1 Å². The van der Waals surface area contributed by atoms with Crippen LogP contribution in [0.1, 0.15) is 24.5 Å². The third-order valence-corrected chi connectivity index (χ3v) is 3.57. The SMILES string of the molecule is CC1CN(Cc2cccc(C(F)(F)F)c2)CC/C1=N\O. The molecule has 20 heavy (non-hydrogen) atoms. The van der Waals surface area contributed by atoms with Crippen molar-refractivity contribution in [2.75, 3.05) is 13.1 Å². The number of piperidine rings is 1. The van der Waals surface area contributed by atoms with Gasteiger partial charge >= 0.3 is 6.18 Å². The summed E-state index contributed by atoms with van der Waals surface area (Å²) < 4.78 is 37.9. The van der Waals surface area contributed by atoms with Gasteiger partial charge in [0.2, 0.25) is 0 Å². The second kappa shape index (κ2) is 5.83. The molecule has 6 heteroatoms. The minimum atomic E-state index is -4.30. The molecule has 1 fully saturated rings. The Kier molecular flexibility index (Phi) is 4.32. The third-order valence-electron chi connectivity index (χ3n) is 3.57. The fraction of sp³-hybridized carbons (Fsp3) is 0.500. The lowest BCUT2D eigenvalue weighted by Crippen LogP contribution is -2.39. The Balaban J connectivity index is 2.04.